The number of carbonyl (C=O) groups is 1. The molecule has 0 spiro atoms. The molecule has 114 valence electrons. The lowest BCUT2D eigenvalue weighted by molar-refractivity contribution is -0.122. The van der Waals surface area contributed by atoms with Crippen LogP contribution < -0.4 is 5.32 Å². The Kier molecular flexibility index (Phi) is 4.78. The number of aromatic nitrogens is 2. The zero-order valence-electron chi connectivity index (χ0n) is 12.7. The van der Waals surface area contributed by atoms with E-state index in [-0.39, 0.29) is 5.91 Å². The summed E-state index contributed by atoms with van der Waals surface area (Å²) in [4.78, 5) is 20.5. The molecule has 1 amide bonds. The minimum atomic E-state index is 0.159. The zero-order valence-corrected chi connectivity index (χ0v) is 12.7. The number of carbonyl (C=O) groups excluding carboxylic acids is 1. The van der Waals surface area contributed by atoms with Crippen LogP contribution in [0.15, 0.2) is 42.9 Å². The third-order valence-electron chi connectivity index (χ3n) is 4.22. The fourth-order valence-corrected chi connectivity index (χ4v) is 3.01. The van der Waals surface area contributed by atoms with E-state index < -0.39 is 0 Å². The van der Waals surface area contributed by atoms with Crippen molar-refractivity contribution >= 4 is 5.91 Å². The van der Waals surface area contributed by atoms with Crippen molar-refractivity contribution in [2.75, 3.05) is 0 Å². The molecule has 2 heterocycles. The number of rotatable bonds is 5. The standard InChI is InChI=1S/C18H21N3O/c22-18(11-14-4-1-2-5-14)21-12-15-7-9-20-17(10-15)16-6-3-8-19-13-16/h3,6-10,13-14H,1-2,4-5,11-12H2,(H,21,22). The summed E-state index contributed by atoms with van der Waals surface area (Å²) in [6, 6.07) is 7.83. The lowest BCUT2D eigenvalue weighted by Gasteiger charge is -2.10. The normalized spacial score (nSPS) is 14.9. The molecule has 1 fully saturated rings. The van der Waals surface area contributed by atoms with Crippen LogP contribution in [0.4, 0.5) is 0 Å². The third kappa shape index (κ3) is 3.91. The molecule has 2 aromatic rings. The van der Waals surface area contributed by atoms with Crippen molar-refractivity contribution < 1.29 is 4.79 Å². The van der Waals surface area contributed by atoms with E-state index >= 15 is 0 Å². The van der Waals surface area contributed by atoms with Gasteiger partial charge in [0.15, 0.2) is 0 Å². The Morgan fingerprint density at radius 2 is 2.09 bits per heavy atom. The van der Waals surface area contributed by atoms with Gasteiger partial charge in [0.2, 0.25) is 5.91 Å². The molecule has 1 saturated carbocycles. The molecule has 0 unspecified atom stereocenters. The largest absolute Gasteiger partial charge is 0.352 e. The predicted molar refractivity (Wildman–Crippen MR) is 85.9 cm³/mol. The van der Waals surface area contributed by atoms with E-state index in [1.54, 1.807) is 18.6 Å². The van der Waals surface area contributed by atoms with Gasteiger partial charge >= 0.3 is 0 Å². The Hall–Kier alpha value is -2.23. The van der Waals surface area contributed by atoms with Crippen LogP contribution in [0.1, 0.15) is 37.7 Å². The van der Waals surface area contributed by atoms with Crippen LogP contribution in [0.3, 0.4) is 0 Å². The maximum absolute atomic E-state index is 12.0. The van der Waals surface area contributed by atoms with Crippen LogP contribution in [0.25, 0.3) is 11.3 Å². The van der Waals surface area contributed by atoms with Gasteiger partial charge in [-0.1, -0.05) is 12.8 Å². The quantitative estimate of drug-likeness (QED) is 0.920. The monoisotopic (exact) mass is 295 g/mol. The summed E-state index contributed by atoms with van der Waals surface area (Å²) >= 11 is 0. The smallest absolute Gasteiger partial charge is 0.220 e. The number of amides is 1. The molecule has 3 rings (SSSR count). The van der Waals surface area contributed by atoms with Gasteiger partial charge in [-0.15, -0.1) is 0 Å². The fraction of sp³-hybridized carbons (Fsp3) is 0.389. The first-order valence-electron chi connectivity index (χ1n) is 7.93. The maximum Gasteiger partial charge on any atom is 0.220 e. The predicted octanol–water partition coefficient (Wildman–Crippen LogP) is 3.34. The summed E-state index contributed by atoms with van der Waals surface area (Å²) in [5, 5.41) is 3.02. The highest BCUT2D eigenvalue weighted by molar-refractivity contribution is 5.76. The molecule has 22 heavy (non-hydrogen) atoms. The van der Waals surface area contributed by atoms with E-state index in [1.165, 1.54) is 25.7 Å². The van der Waals surface area contributed by atoms with E-state index in [1.807, 2.05) is 24.3 Å². The van der Waals surface area contributed by atoms with Crippen molar-refractivity contribution in [3.8, 4) is 11.3 Å². The van der Waals surface area contributed by atoms with Gasteiger partial charge in [0.1, 0.15) is 0 Å². The van der Waals surface area contributed by atoms with Gasteiger partial charge in [-0.05, 0) is 48.6 Å². The Morgan fingerprint density at radius 3 is 2.86 bits per heavy atom. The molecule has 0 radical (unpaired) electrons. The van der Waals surface area contributed by atoms with Crippen molar-refractivity contribution in [1.82, 2.24) is 15.3 Å². The van der Waals surface area contributed by atoms with Gasteiger partial charge in [-0.3, -0.25) is 14.8 Å². The topological polar surface area (TPSA) is 54.9 Å². The molecular formula is C18H21N3O. The molecule has 0 aromatic carbocycles. The summed E-state index contributed by atoms with van der Waals surface area (Å²) in [6.07, 6.45) is 10.9. The molecule has 4 nitrogen and oxygen atoms in total. The number of hydrogen-bond donors (Lipinski definition) is 1. The second-order valence-corrected chi connectivity index (χ2v) is 5.92. The van der Waals surface area contributed by atoms with Crippen LogP contribution in [-0.4, -0.2) is 15.9 Å². The summed E-state index contributed by atoms with van der Waals surface area (Å²) in [7, 11) is 0. The van der Waals surface area contributed by atoms with E-state index in [9.17, 15) is 4.79 Å². The molecule has 1 aliphatic rings. The van der Waals surface area contributed by atoms with Crippen LogP contribution >= 0.6 is 0 Å². The fourth-order valence-electron chi connectivity index (χ4n) is 3.01. The van der Waals surface area contributed by atoms with Crippen molar-refractivity contribution in [2.45, 2.75) is 38.6 Å². The summed E-state index contributed by atoms with van der Waals surface area (Å²) in [5.74, 6) is 0.745. The SMILES string of the molecule is O=C(CC1CCCC1)NCc1ccnc(-c2cccnc2)c1. The van der Waals surface area contributed by atoms with E-state index in [4.69, 9.17) is 0 Å². The van der Waals surface area contributed by atoms with Crippen LogP contribution in [-0.2, 0) is 11.3 Å². The molecule has 2 aromatic heterocycles. The van der Waals surface area contributed by atoms with Crippen molar-refractivity contribution in [3.63, 3.8) is 0 Å². The first-order chi connectivity index (χ1) is 10.8. The first kappa shape index (κ1) is 14.7. The van der Waals surface area contributed by atoms with Crippen molar-refractivity contribution in [3.05, 3.63) is 48.4 Å². The van der Waals surface area contributed by atoms with Gasteiger partial charge in [0.05, 0.1) is 5.69 Å². The van der Waals surface area contributed by atoms with Gasteiger partial charge in [-0.2, -0.15) is 0 Å². The zero-order chi connectivity index (χ0) is 15.2. The minimum absolute atomic E-state index is 0.159. The van der Waals surface area contributed by atoms with Gasteiger partial charge in [0, 0.05) is 37.1 Å². The Labute approximate surface area is 131 Å². The second kappa shape index (κ2) is 7.16. The average molecular weight is 295 g/mol. The minimum Gasteiger partial charge on any atom is -0.352 e. The van der Waals surface area contributed by atoms with Gasteiger partial charge < -0.3 is 5.32 Å². The number of hydrogen-bond acceptors (Lipinski definition) is 3. The molecular weight excluding hydrogens is 274 g/mol. The second-order valence-electron chi connectivity index (χ2n) is 5.92. The summed E-state index contributed by atoms with van der Waals surface area (Å²) in [5.41, 5.74) is 2.94. The van der Waals surface area contributed by atoms with Crippen LogP contribution in [0.5, 0.6) is 0 Å². The molecule has 0 bridgehead atoms. The molecule has 0 atom stereocenters. The lowest BCUT2D eigenvalue weighted by Crippen LogP contribution is -2.24. The Bertz CT molecular complexity index is 621. The first-order valence-corrected chi connectivity index (χ1v) is 7.93. The Morgan fingerprint density at radius 1 is 1.23 bits per heavy atom. The maximum atomic E-state index is 12.0. The number of pyridine rings is 2. The molecule has 1 N–H and O–H groups in total. The highest BCUT2D eigenvalue weighted by Gasteiger charge is 2.18. The van der Waals surface area contributed by atoms with Crippen molar-refractivity contribution in [2.24, 2.45) is 5.92 Å². The van der Waals surface area contributed by atoms with Gasteiger partial charge in [0.25, 0.3) is 0 Å². The highest BCUT2D eigenvalue weighted by atomic mass is 16.1. The third-order valence-corrected chi connectivity index (χ3v) is 4.22. The van der Waals surface area contributed by atoms with E-state index in [0.717, 1.165) is 16.8 Å². The van der Waals surface area contributed by atoms with Gasteiger partial charge in [-0.25, -0.2) is 0 Å². The lowest BCUT2D eigenvalue weighted by atomic mass is 10.0. The van der Waals surface area contributed by atoms with Crippen molar-refractivity contribution in [1.29, 1.82) is 0 Å². The Balaban J connectivity index is 1.57. The molecule has 0 saturated heterocycles. The van der Waals surface area contributed by atoms with Crippen LogP contribution in [0, 0.1) is 5.92 Å². The molecule has 1 aliphatic carbocycles. The summed E-state index contributed by atoms with van der Waals surface area (Å²) in [6.45, 7) is 0.557. The van der Waals surface area contributed by atoms with Crippen LogP contribution in [0.2, 0.25) is 0 Å². The highest BCUT2D eigenvalue weighted by Crippen LogP contribution is 2.27. The summed E-state index contributed by atoms with van der Waals surface area (Å²) < 4.78 is 0. The van der Waals surface area contributed by atoms with E-state index in [0.29, 0.717) is 18.9 Å². The molecule has 4 heteroatoms. The van der Waals surface area contributed by atoms with E-state index in [2.05, 4.69) is 15.3 Å². The number of nitrogens with one attached hydrogen (secondary N) is 1. The molecule has 0 aliphatic heterocycles. The average Bonchev–Trinajstić information content (AvgIpc) is 3.07. The number of nitrogens with zero attached hydrogens (tertiary/aromatic N) is 2.